The van der Waals surface area contributed by atoms with Gasteiger partial charge in [-0.15, -0.1) is 0 Å². The predicted molar refractivity (Wildman–Crippen MR) is 98.3 cm³/mol. The van der Waals surface area contributed by atoms with Crippen LogP contribution in [0.5, 0.6) is 0 Å². The Morgan fingerprint density at radius 3 is 2.56 bits per heavy atom. The van der Waals surface area contributed by atoms with Crippen LogP contribution in [0.4, 0.5) is 0 Å². The van der Waals surface area contributed by atoms with Crippen LogP contribution in [0, 0.1) is 0 Å². The van der Waals surface area contributed by atoms with Crippen molar-refractivity contribution in [2.45, 2.75) is 33.2 Å². The summed E-state index contributed by atoms with van der Waals surface area (Å²) in [5.74, 6) is -0.342. The quantitative estimate of drug-likeness (QED) is 0.751. The van der Waals surface area contributed by atoms with Crippen LogP contribution in [0.1, 0.15) is 53.1 Å². The van der Waals surface area contributed by atoms with E-state index in [2.05, 4.69) is 17.2 Å². The number of carbonyl (C=O) groups excluding carboxylic acids is 2. The maximum atomic E-state index is 12.8. The second-order valence-corrected chi connectivity index (χ2v) is 5.84. The SMILES string of the molecule is CCCCNC(=O)c1cc(C(=O)N(CC)Cc2ccccc2)ccn1. The molecule has 1 aromatic heterocycles. The average molecular weight is 339 g/mol. The highest BCUT2D eigenvalue weighted by molar-refractivity contribution is 5.98. The third-order valence-corrected chi connectivity index (χ3v) is 3.94. The first-order valence-corrected chi connectivity index (χ1v) is 8.73. The molecule has 25 heavy (non-hydrogen) atoms. The Bertz CT molecular complexity index is 701. The summed E-state index contributed by atoms with van der Waals surface area (Å²) in [5.41, 5.74) is 1.83. The van der Waals surface area contributed by atoms with Gasteiger partial charge < -0.3 is 10.2 Å². The fraction of sp³-hybridized carbons (Fsp3) is 0.350. The molecule has 2 rings (SSSR count). The minimum atomic E-state index is -0.241. The molecule has 1 aromatic carbocycles. The number of unbranched alkanes of at least 4 members (excludes halogenated alkanes) is 1. The molecular formula is C20H25N3O2. The van der Waals surface area contributed by atoms with E-state index in [0.717, 1.165) is 18.4 Å². The molecule has 0 saturated heterocycles. The Kier molecular flexibility index (Phi) is 7.14. The van der Waals surface area contributed by atoms with Gasteiger partial charge in [0.05, 0.1) is 0 Å². The van der Waals surface area contributed by atoms with E-state index in [1.54, 1.807) is 17.0 Å². The van der Waals surface area contributed by atoms with Gasteiger partial charge in [0.15, 0.2) is 0 Å². The van der Waals surface area contributed by atoms with Gasteiger partial charge >= 0.3 is 0 Å². The van der Waals surface area contributed by atoms with Gasteiger partial charge in [0, 0.05) is 31.4 Å². The van der Waals surface area contributed by atoms with Gasteiger partial charge in [-0.1, -0.05) is 43.7 Å². The second-order valence-electron chi connectivity index (χ2n) is 5.84. The Morgan fingerprint density at radius 2 is 1.88 bits per heavy atom. The van der Waals surface area contributed by atoms with Crippen molar-refractivity contribution in [3.8, 4) is 0 Å². The van der Waals surface area contributed by atoms with Gasteiger partial charge in [-0.05, 0) is 31.0 Å². The Labute approximate surface area is 149 Å². The van der Waals surface area contributed by atoms with E-state index < -0.39 is 0 Å². The molecule has 5 nitrogen and oxygen atoms in total. The molecular weight excluding hydrogens is 314 g/mol. The van der Waals surface area contributed by atoms with Crippen LogP contribution < -0.4 is 5.32 Å². The molecule has 0 aliphatic heterocycles. The Morgan fingerprint density at radius 1 is 1.12 bits per heavy atom. The maximum absolute atomic E-state index is 12.8. The van der Waals surface area contributed by atoms with E-state index in [0.29, 0.717) is 25.2 Å². The summed E-state index contributed by atoms with van der Waals surface area (Å²) in [6.45, 7) is 5.76. The number of aromatic nitrogens is 1. The average Bonchev–Trinajstić information content (AvgIpc) is 2.66. The molecule has 0 bridgehead atoms. The molecule has 2 aromatic rings. The van der Waals surface area contributed by atoms with E-state index in [1.807, 2.05) is 37.3 Å². The van der Waals surface area contributed by atoms with Crippen molar-refractivity contribution in [2.75, 3.05) is 13.1 Å². The van der Waals surface area contributed by atoms with Crippen LogP contribution in [0.25, 0.3) is 0 Å². The summed E-state index contributed by atoms with van der Waals surface area (Å²) in [7, 11) is 0. The van der Waals surface area contributed by atoms with E-state index in [1.165, 1.54) is 6.20 Å². The summed E-state index contributed by atoms with van der Waals surface area (Å²) in [5, 5.41) is 2.82. The predicted octanol–water partition coefficient (Wildman–Crippen LogP) is 3.27. The molecule has 0 aliphatic carbocycles. The van der Waals surface area contributed by atoms with Gasteiger partial charge in [-0.2, -0.15) is 0 Å². The number of nitrogens with one attached hydrogen (secondary N) is 1. The Hall–Kier alpha value is -2.69. The van der Waals surface area contributed by atoms with Crippen LogP contribution in [0.3, 0.4) is 0 Å². The highest BCUT2D eigenvalue weighted by Gasteiger charge is 2.17. The Balaban J connectivity index is 2.09. The topological polar surface area (TPSA) is 62.3 Å². The molecule has 132 valence electrons. The number of pyridine rings is 1. The number of carbonyl (C=O) groups is 2. The number of hydrogen-bond donors (Lipinski definition) is 1. The van der Waals surface area contributed by atoms with Crippen molar-refractivity contribution in [1.29, 1.82) is 0 Å². The highest BCUT2D eigenvalue weighted by atomic mass is 16.2. The first-order valence-electron chi connectivity index (χ1n) is 8.73. The van der Waals surface area contributed by atoms with Crippen LogP contribution in [-0.2, 0) is 6.54 Å². The van der Waals surface area contributed by atoms with Gasteiger partial charge in [-0.3, -0.25) is 14.6 Å². The third kappa shape index (κ3) is 5.41. The molecule has 0 fully saturated rings. The van der Waals surface area contributed by atoms with Crippen LogP contribution >= 0.6 is 0 Å². The number of rotatable bonds is 8. The van der Waals surface area contributed by atoms with Crippen molar-refractivity contribution in [1.82, 2.24) is 15.2 Å². The molecule has 1 heterocycles. The standard InChI is InChI=1S/C20H25N3O2/c1-3-5-12-22-19(24)18-14-17(11-13-21-18)20(25)23(4-2)15-16-9-7-6-8-10-16/h6-11,13-14H,3-5,12,15H2,1-2H3,(H,22,24). The van der Waals surface area contributed by atoms with E-state index in [-0.39, 0.29) is 17.5 Å². The fourth-order valence-electron chi connectivity index (χ4n) is 2.47. The zero-order valence-corrected chi connectivity index (χ0v) is 14.9. The summed E-state index contributed by atoms with van der Waals surface area (Å²) >= 11 is 0. The van der Waals surface area contributed by atoms with Crippen LogP contribution in [-0.4, -0.2) is 34.8 Å². The van der Waals surface area contributed by atoms with Crippen molar-refractivity contribution in [3.63, 3.8) is 0 Å². The molecule has 0 atom stereocenters. The molecule has 0 radical (unpaired) electrons. The van der Waals surface area contributed by atoms with Crippen LogP contribution in [0.15, 0.2) is 48.7 Å². The number of nitrogens with zero attached hydrogens (tertiary/aromatic N) is 2. The molecule has 1 N–H and O–H groups in total. The molecule has 0 unspecified atom stereocenters. The van der Waals surface area contributed by atoms with Crippen molar-refractivity contribution < 1.29 is 9.59 Å². The van der Waals surface area contributed by atoms with Crippen molar-refractivity contribution in [2.24, 2.45) is 0 Å². The number of amides is 2. The van der Waals surface area contributed by atoms with Gasteiger partial charge in [0.25, 0.3) is 11.8 Å². The molecule has 5 heteroatoms. The van der Waals surface area contributed by atoms with Crippen molar-refractivity contribution in [3.05, 3.63) is 65.5 Å². The molecule has 2 amide bonds. The van der Waals surface area contributed by atoms with Gasteiger partial charge in [-0.25, -0.2) is 0 Å². The third-order valence-electron chi connectivity index (χ3n) is 3.94. The number of benzene rings is 1. The zero-order chi connectivity index (χ0) is 18.1. The van der Waals surface area contributed by atoms with Gasteiger partial charge in [0.1, 0.15) is 5.69 Å². The van der Waals surface area contributed by atoms with Gasteiger partial charge in [0.2, 0.25) is 0 Å². The largest absolute Gasteiger partial charge is 0.351 e. The molecule has 0 spiro atoms. The lowest BCUT2D eigenvalue weighted by molar-refractivity contribution is 0.0752. The summed E-state index contributed by atoms with van der Waals surface area (Å²) in [4.78, 5) is 30.7. The summed E-state index contributed by atoms with van der Waals surface area (Å²) < 4.78 is 0. The fourth-order valence-corrected chi connectivity index (χ4v) is 2.47. The zero-order valence-electron chi connectivity index (χ0n) is 14.9. The maximum Gasteiger partial charge on any atom is 0.269 e. The minimum Gasteiger partial charge on any atom is -0.351 e. The molecule has 0 aliphatic rings. The normalized spacial score (nSPS) is 10.3. The highest BCUT2D eigenvalue weighted by Crippen LogP contribution is 2.11. The minimum absolute atomic E-state index is 0.101. The van der Waals surface area contributed by atoms with E-state index in [4.69, 9.17) is 0 Å². The number of hydrogen-bond acceptors (Lipinski definition) is 3. The monoisotopic (exact) mass is 339 g/mol. The smallest absolute Gasteiger partial charge is 0.269 e. The first-order chi connectivity index (χ1) is 12.2. The van der Waals surface area contributed by atoms with E-state index in [9.17, 15) is 9.59 Å². The molecule has 0 saturated carbocycles. The van der Waals surface area contributed by atoms with Crippen LogP contribution in [0.2, 0.25) is 0 Å². The summed E-state index contributed by atoms with van der Waals surface area (Å²) in [6.07, 6.45) is 3.44. The lowest BCUT2D eigenvalue weighted by Crippen LogP contribution is -2.31. The summed E-state index contributed by atoms with van der Waals surface area (Å²) in [6, 6.07) is 13.1. The first kappa shape index (κ1) is 18.6. The van der Waals surface area contributed by atoms with Crippen molar-refractivity contribution >= 4 is 11.8 Å². The van der Waals surface area contributed by atoms with E-state index >= 15 is 0 Å². The lowest BCUT2D eigenvalue weighted by Gasteiger charge is -2.21. The second kappa shape index (κ2) is 9.57. The lowest BCUT2D eigenvalue weighted by atomic mass is 10.1.